The maximum atomic E-state index is 13.9. The van der Waals surface area contributed by atoms with E-state index in [4.69, 9.17) is 0 Å². The number of benzene rings is 3. The SMILES string of the molecule is CCS(=O)(=O)c1ccc(CNC(=O)c2ccc3c(c2)nc(C(F)(F)F)n3Cc2cccc3[nH]ncc23)cc1. The number of carbonyl (C=O) groups excluding carboxylic acids is 1. The van der Waals surface area contributed by atoms with Gasteiger partial charge in [-0.1, -0.05) is 31.2 Å². The Morgan fingerprint density at radius 1 is 1.08 bits per heavy atom. The van der Waals surface area contributed by atoms with E-state index in [1.165, 1.54) is 30.3 Å². The number of aromatic nitrogens is 4. The number of nitrogens with one attached hydrogen (secondary N) is 2. The summed E-state index contributed by atoms with van der Waals surface area (Å²) in [5.41, 5.74) is 2.45. The zero-order valence-electron chi connectivity index (χ0n) is 20.1. The first-order valence-corrected chi connectivity index (χ1v) is 13.3. The van der Waals surface area contributed by atoms with E-state index < -0.39 is 27.7 Å². The predicted molar refractivity (Wildman–Crippen MR) is 135 cm³/mol. The van der Waals surface area contributed by atoms with Crippen molar-refractivity contribution in [3.05, 3.63) is 89.4 Å². The van der Waals surface area contributed by atoms with Gasteiger partial charge in [0.15, 0.2) is 9.84 Å². The first-order valence-electron chi connectivity index (χ1n) is 11.6. The van der Waals surface area contributed by atoms with Crippen molar-refractivity contribution in [1.82, 2.24) is 25.1 Å². The van der Waals surface area contributed by atoms with Gasteiger partial charge in [-0.3, -0.25) is 9.89 Å². The fraction of sp³-hybridized carbons (Fsp3) is 0.192. The maximum Gasteiger partial charge on any atom is 0.449 e. The molecule has 0 fully saturated rings. The summed E-state index contributed by atoms with van der Waals surface area (Å²) in [5, 5.41) is 10.2. The fourth-order valence-electron chi connectivity index (χ4n) is 4.25. The van der Waals surface area contributed by atoms with E-state index in [1.54, 1.807) is 43.5 Å². The van der Waals surface area contributed by atoms with Crippen molar-refractivity contribution in [3.8, 4) is 0 Å². The van der Waals surface area contributed by atoms with Crippen LogP contribution in [0.4, 0.5) is 13.2 Å². The number of alkyl halides is 3. The van der Waals surface area contributed by atoms with Gasteiger partial charge in [0.1, 0.15) is 0 Å². The molecule has 0 spiro atoms. The molecule has 38 heavy (non-hydrogen) atoms. The Morgan fingerprint density at radius 3 is 2.55 bits per heavy atom. The molecular weight excluding hydrogens is 519 g/mol. The molecule has 2 heterocycles. The van der Waals surface area contributed by atoms with Crippen LogP contribution in [0.25, 0.3) is 21.9 Å². The minimum Gasteiger partial charge on any atom is -0.348 e. The molecule has 0 saturated heterocycles. The number of fused-ring (bicyclic) bond motifs is 2. The van der Waals surface area contributed by atoms with Crippen LogP contribution in [-0.4, -0.2) is 39.8 Å². The lowest BCUT2D eigenvalue weighted by Crippen LogP contribution is -2.22. The third-order valence-electron chi connectivity index (χ3n) is 6.28. The summed E-state index contributed by atoms with van der Waals surface area (Å²) >= 11 is 0. The van der Waals surface area contributed by atoms with Crippen molar-refractivity contribution in [1.29, 1.82) is 0 Å². The number of hydrogen-bond acceptors (Lipinski definition) is 5. The molecule has 8 nitrogen and oxygen atoms in total. The third-order valence-corrected chi connectivity index (χ3v) is 8.03. The van der Waals surface area contributed by atoms with E-state index in [0.29, 0.717) is 22.0 Å². The Morgan fingerprint density at radius 2 is 1.84 bits per heavy atom. The van der Waals surface area contributed by atoms with Gasteiger partial charge in [0, 0.05) is 17.5 Å². The van der Waals surface area contributed by atoms with Gasteiger partial charge in [0.05, 0.1) is 39.9 Å². The minimum absolute atomic E-state index is 0.0175. The van der Waals surface area contributed by atoms with Crippen molar-refractivity contribution in [2.45, 2.75) is 31.1 Å². The molecule has 0 aliphatic heterocycles. The van der Waals surface area contributed by atoms with Crippen LogP contribution in [-0.2, 0) is 29.1 Å². The van der Waals surface area contributed by atoms with Crippen LogP contribution in [0.3, 0.4) is 0 Å². The van der Waals surface area contributed by atoms with Crippen molar-refractivity contribution in [3.63, 3.8) is 0 Å². The van der Waals surface area contributed by atoms with Crippen LogP contribution in [0, 0.1) is 0 Å². The molecule has 12 heteroatoms. The number of sulfone groups is 1. The Balaban J connectivity index is 1.40. The Bertz CT molecular complexity index is 1760. The van der Waals surface area contributed by atoms with Crippen molar-refractivity contribution in [2.75, 3.05) is 5.75 Å². The highest BCUT2D eigenvalue weighted by atomic mass is 32.2. The van der Waals surface area contributed by atoms with Crippen LogP contribution in [0.15, 0.2) is 71.8 Å². The average Bonchev–Trinajstić information content (AvgIpc) is 3.53. The van der Waals surface area contributed by atoms with Gasteiger partial charge >= 0.3 is 6.18 Å². The number of halogens is 3. The van der Waals surface area contributed by atoms with Crippen molar-refractivity contribution in [2.24, 2.45) is 0 Å². The topological polar surface area (TPSA) is 110 Å². The van der Waals surface area contributed by atoms with Crippen molar-refractivity contribution >= 4 is 37.7 Å². The quantitative estimate of drug-likeness (QED) is 0.310. The van der Waals surface area contributed by atoms with Gasteiger partial charge in [-0.25, -0.2) is 13.4 Å². The van der Waals surface area contributed by atoms with E-state index in [-0.39, 0.29) is 40.3 Å². The summed E-state index contributed by atoms with van der Waals surface area (Å²) in [6.07, 6.45) is -3.14. The number of nitrogens with zero attached hydrogens (tertiary/aromatic N) is 3. The highest BCUT2D eigenvalue weighted by Crippen LogP contribution is 2.33. The van der Waals surface area contributed by atoms with Crippen LogP contribution < -0.4 is 5.32 Å². The molecule has 196 valence electrons. The van der Waals surface area contributed by atoms with Gasteiger partial charge in [0.25, 0.3) is 5.91 Å². The molecule has 5 rings (SSSR count). The van der Waals surface area contributed by atoms with E-state index >= 15 is 0 Å². The summed E-state index contributed by atoms with van der Waals surface area (Å²) in [4.78, 5) is 16.8. The molecule has 0 aliphatic carbocycles. The van der Waals surface area contributed by atoms with Gasteiger partial charge < -0.3 is 9.88 Å². The molecule has 2 aromatic heterocycles. The monoisotopic (exact) mass is 541 g/mol. The summed E-state index contributed by atoms with van der Waals surface area (Å²) in [5.74, 6) is -1.58. The first-order chi connectivity index (χ1) is 18.1. The van der Waals surface area contributed by atoms with Gasteiger partial charge in [-0.05, 0) is 47.5 Å². The molecular formula is C26H22F3N5O3S. The number of aromatic amines is 1. The zero-order valence-corrected chi connectivity index (χ0v) is 20.9. The highest BCUT2D eigenvalue weighted by molar-refractivity contribution is 7.91. The Labute approximate surface area is 215 Å². The fourth-order valence-corrected chi connectivity index (χ4v) is 5.13. The number of rotatable bonds is 7. The average molecular weight is 542 g/mol. The summed E-state index contributed by atoms with van der Waals surface area (Å²) in [6.45, 7) is 1.58. The van der Waals surface area contributed by atoms with Crippen LogP contribution >= 0.6 is 0 Å². The number of hydrogen-bond donors (Lipinski definition) is 2. The van der Waals surface area contributed by atoms with E-state index in [0.717, 1.165) is 4.57 Å². The molecule has 3 aromatic carbocycles. The Hall–Kier alpha value is -4.19. The number of imidazole rings is 1. The lowest BCUT2D eigenvalue weighted by atomic mass is 10.1. The molecule has 0 atom stereocenters. The van der Waals surface area contributed by atoms with Crippen molar-refractivity contribution < 1.29 is 26.4 Å². The van der Waals surface area contributed by atoms with Gasteiger partial charge in [0.2, 0.25) is 5.82 Å². The second kappa shape index (κ2) is 9.60. The third kappa shape index (κ3) is 4.86. The number of carbonyl (C=O) groups is 1. The molecule has 5 aromatic rings. The maximum absolute atomic E-state index is 13.9. The standard InChI is InChI=1S/C26H22F3N5O3S/c1-2-38(36,37)19-9-6-16(7-10-19)13-30-24(35)17-8-11-23-22(12-17)32-25(26(27,28)29)34(23)15-18-4-3-5-21-20(18)14-31-33-21/h3-12,14H,2,13,15H2,1H3,(H,30,35)(H,31,33). The summed E-state index contributed by atoms with van der Waals surface area (Å²) in [7, 11) is -3.33. The normalized spacial score (nSPS) is 12.3. The molecule has 0 radical (unpaired) electrons. The Kier molecular flexibility index (Phi) is 6.43. The van der Waals surface area contributed by atoms with Crippen LogP contribution in [0.2, 0.25) is 0 Å². The second-order valence-corrected chi connectivity index (χ2v) is 11.0. The molecule has 0 saturated carbocycles. The highest BCUT2D eigenvalue weighted by Gasteiger charge is 2.37. The molecule has 2 N–H and O–H groups in total. The molecule has 1 amide bonds. The van der Waals surface area contributed by atoms with Crippen LogP contribution in [0.5, 0.6) is 0 Å². The van der Waals surface area contributed by atoms with E-state index in [9.17, 15) is 26.4 Å². The number of amides is 1. The molecule has 0 unspecified atom stereocenters. The van der Waals surface area contributed by atoms with E-state index in [1.807, 2.05) is 0 Å². The largest absolute Gasteiger partial charge is 0.449 e. The lowest BCUT2D eigenvalue weighted by Gasteiger charge is -2.12. The first kappa shape index (κ1) is 25.5. The number of H-pyrrole nitrogens is 1. The predicted octanol–water partition coefficient (Wildman–Crippen LogP) is 4.70. The zero-order chi connectivity index (χ0) is 27.1. The smallest absolute Gasteiger partial charge is 0.348 e. The van der Waals surface area contributed by atoms with Crippen LogP contribution in [0.1, 0.15) is 34.2 Å². The molecule has 0 aliphatic rings. The van der Waals surface area contributed by atoms with E-state index in [2.05, 4.69) is 20.5 Å². The van der Waals surface area contributed by atoms with Gasteiger partial charge in [-0.15, -0.1) is 0 Å². The van der Waals surface area contributed by atoms with Gasteiger partial charge in [-0.2, -0.15) is 18.3 Å². The summed E-state index contributed by atoms with van der Waals surface area (Å²) < 4.78 is 66.7. The summed E-state index contributed by atoms with van der Waals surface area (Å²) in [6, 6.07) is 15.6. The second-order valence-electron chi connectivity index (χ2n) is 8.70. The lowest BCUT2D eigenvalue weighted by molar-refractivity contribution is -0.146. The molecule has 0 bridgehead atoms. The minimum atomic E-state index is -4.71.